The number of hydrogen-bond donors (Lipinski definition) is 1. The highest BCUT2D eigenvalue weighted by Crippen LogP contribution is 2.34. The molecule has 0 aliphatic carbocycles. The van der Waals surface area contributed by atoms with Crippen molar-refractivity contribution in [3.05, 3.63) is 0 Å². The van der Waals surface area contributed by atoms with Crippen LogP contribution in [0.4, 0.5) is 0 Å². The van der Waals surface area contributed by atoms with E-state index in [0.29, 0.717) is 5.41 Å². The fourth-order valence-corrected chi connectivity index (χ4v) is 2.34. The zero-order chi connectivity index (χ0) is 10.1. The fourth-order valence-electron chi connectivity index (χ4n) is 2.34. The van der Waals surface area contributed by atoms with Gasteiger partial charge in [0.05, 0.1) is 0 Å². The van der Waals surface area contributed by atoms with Crippen LogP contribution < -0.4 is 5.43 Å². The van der Waals surface area contributed by atoms with Crippen LogP contribution in [0.2, 0.25) is 0 Å². The third-order valence-corrected chi connectivity index (χ3v) is 3.22. The summed E-state index contributed by atoms with van der Waals surface area (Å²) in [4.78, 5) is 0. The molecule has 13 heavy (non-hydrogen) atoms. The van der Waals surface area contributed by atoms with E-state index >= 15 is 0 Å². The maximum absolute atomic E-state index is 3.44. The molecular formula is C11H24N2. The summed E-state index contributed by atoms with van der Waals surface area (Å²) >= 11 is 0. The van der Waals surface area contributed by atoms with E-state index in [1.807, 2.05) is 0 Å². The SMILES string of the molecule is CCCC1C(C(C)(C)C)CNN1C. The quantitative estimate of drug-likeness (QED) is 0.708. The predicted molar refractivity (Wildman–Crippen MR) is 57.4 cm³/mol. The molecule has 1 aliphatic heterocycles. The second kappa shape index (κ2) is 3.97. The van der Waals surface area contributed by atoms with Gasteiger partial charge >= 0.3 is 0 Å². The van der Waals surface area contributed by atoms with E-state index in [-0.39, 0.29) is 0 Å². The Labute approximate surface area is 82.7 Å². The van der Waals surface area contributed by atoms with E-state index in [1.54, 1.807) is 0 Å². The van der Waals surface area contributed by atoms with Crippen LogP contribution in [-0.2, 0) is 0 Å². The maximum atomic E-state index is 3.44. The molecule has 78 valence electrons. The van der Waals surface area contributed by atoms with E-state index in [0.717, 1.165) is 18.5 Å². The first-order valence-electron chi connectivity index (χ1n) is 5.43. The van der Waals surface area contributed by atoms with E-state index in [1.165, 1.54) is 12.8 Å². The molecule has 0 radical (unpaired) electrons. The Balaban J connectivity index is 2.64. The molecule has 0 bridgehead atoms. The standard InChI is InChI=1S/C11H24N2/c1-6-7-10-9(11(2,3)4)8-12-13(10)5/h9-10,12H,6-8H2,1-5H3. The summed E-state index contributed by atoms with van der Waals surface area (Å²) in [5.74, 6) is 0.789. The van der Waals surface area contributed by atoms with Crippen molar-refractivity contribution < 1.29 is 0 Å². The van der Waals surface area contributed by atoms with Crippen LogP contribution in [0.15, 0.2) is 0 Å². The molecule has 0 spiro atoms. The van der Waals surface area contributed by atoms with E-state index in [9.17, 15) is 0 Å². The third kappa shape index (κ3) is 2.44. The van der Waals surface area contributed by atoms with Crippen molar-refractivity contribution in [1.82, 2.24) is 10.4 Å². The molecule has 0 amide bonds. The molecule has 2 unspecified atom stereocenters. The molecule has 0 aromatic rings. The van der Waals surface area contributed by atoms with Crippen molar-refractivity contribution in [2.45, 2.75) is 46.6 Å². The van der Waals surface area contributed by atoms with Crippen LogP contribution in [0.1, 0.15) is 40.5 Å². The fraction of sp³-hybridized carbons (Fsp3) is 1.00. The molecule has 1 N–H and O–H groups in total. The van der Waals surface area contributed by atoms with Crippen LogP contribution in [0.3, 0.4) is 0 Å². The summed E-state index contributed by atoms with van der Waals surface area (Å²) in [7, 11) is 2.17. The van der Waals surface area contributed by atoms with Crippen LogP contribution >= 0.6 is 0 Å². The van der Waals surface area contributed by atoms with E-state index in [4.69, 9.17) is 0 Å². The molecule has 0 saturated carbocycles. The van der Waals surface area contributed by atoms with Gasteiger partial charge in [-0.05, 0) is 17.8 Å². The van der Waals surface area contributed by atoms with Gasteiger partial charge in [-0.2, -0.15) is 0 Å². The maximum Gasteiger partial charge on any atom is 0.0286 e. The lowest BCUT2D eigenvalue weighted by molar-refractivity contribution is 0.151. The van der Waals surface area contributed by atoms with Crippen LogP contribution in [0.25, 0.3) is 0 Å². The van der Waals surface area contributed by atoms with E-state index in [2.05, 4.69) is 45.2 Å². The highest BCUT2D eigenvalue weighted by Gasteiger charge is 2.38. The Morgan fingerprint density at radius 1 is 1.38 bits per heavy atom. The van der Waals surface area contributed by atoms with Gasteiger partial charge < -0.3 is 0 Å². The van der Waals surface area contributed by atoms with Gasteiger partial charge in [-0.25, -0.2) is 5.01 Å². The minimum Gasteiger partial charge on any atom is -0.255 e. The molecular weight excluding hydrogens is 160 g/mol. The summed E-state index contributed by atoms with van der Waals surface area (Å²) in [6, 6.07) is 0.727. The molecule has 1 heterocycles. The largest absolute Gasteiger partial charge is 0.255 e. The predicted octanol–water partition coefficient (Wildman–Crippen LogP) is 2.27. The van der Waals surface area contributed by atoms with Gasteiger partial charge in [-0.15, -0.1) is 0 Å². The summed E-state index contributed by atoms with van der Waals surface area (Å²) in [5, 5.41) is 2.30. The monoisotopic (exact) mass is 184 g/mol. The first-order chi connectivity index (χ1) is 5.96. The zero-order valence-electron chi connectivity index (χ0n) is 9.72. The minimum absolute atomic E-state index is 0.428. The Bertz CT molecular complexity index is 160. The molecule has 1 fully saturated rings. The highest BCUT2D eigenvalue weighted by molar-refractivity contribution is 4.90. The van der Waals surface area contributed by atoms with Gasteiger partial charge in [-0.1, -0.05) is 34.1 Å². The molecule has 1 saturated heterocycles. The highest BCUT2D eigenvalue weighted by atomic mass is 15.5. The van der Waals surface area contributed by atoms with Gasteiger partial charge in [0.1, 0.15) is 0 Å². The molecule has 0 aromatic heterocycles. The smallest absolute Gasteiger partial charge is 0.0286 e. The lowest BCUT2D eigenvalue weighted by Gasteiger charge is -2.32. The molecule has 2 atom stereocenters. The van der Waals surface area contributed by atoms with Gasteiger partial charge in [0.25, 0.3) is 0 Å². The molecule has 0 aromatic carbocycles. The zero-order valence-corrected chi connectivity index (χ0v) is 9.72. The topological polar surface area (TPSA) is 15.3 Å². The van der Waals surface area contributed by atoms with Crippen molar-refractivity contribution in [2.24, 2.45) is 11.3 Å². The first kappa shape index (κ1) is 11.0. The van der Waals surface area contributed by atoms with Crippen molar-refractivity contribution >= 4 is 0 Å². The molecule has 2 heteroatoms. The summed E-state index contributed by atoms with van der Waals surface area (Å²) < 4.78 is 0. The van der Waals surface area contributed by atoms with Crippen LogP contribution in [0, 0.1) is 11.3 Å². The minimum atomic E-state index is 0.428. The lowest BCUT2D eigenvalue weighted by Crippen LogP contribution is -2.37. The summed E-state index contributed by atoms with van der Waals surface area (Å²) in [6.07, 6.45) is 2.59. The lowest BCUT2D eigenvalue weighted by atomic mass is 9.76. The average molecular weight is 184 g/mol. The Kier molecular flexibility index (Phi) is 3.36. The summed E-state index contributed by atoms with van der Waals surface area (Å²) in [5.41, 5.74) is 3.87. The van der Waals surface area contributed by atoms with E-state index < -0.39 is 0 Å². The van der Waals surface area contributed by atoms with Crippen LogP contribution in [-0.4, -0.2) is 24.6 Å². The van der Waals surface area contributed by atoms with Crippen molar-refractivity contribution in [3.63, 3.8) is 0 Å². The first-order valence-corrected chi connectivity index (χ1v) is 5.43. The van der Waals surface area contributed by atoms with Crippen molar-refractivity contribution in [2.75, 3.05) is 13.6 Å². The third-order valence-electron chi connectivity index (χ3n) is 3.22. The van der Waals surface area contributed by atoms with Gasteiger partial charge in [0, 0.05) is 19.6 Å². The Morgan fingerprint density at radius 3 is 2.46 bits per heavy atom. The number of rotatable bonds is 2. The Hall–Kier alpha value is -0.0800. The van der Waals surface area contributed by atoms with Gasteiger partial charge in [0.15, 0.2) is 0 Å². The van der Waals surface area contributed by atoms with Crippen LogP contribution in [0.5, 0.6) is 0 Å². The summed E-state index contributed by atoms with van der Waals surface area (Å²) in [6.45, 7) is 10.5. The molecule has 2 nitrogen and oxygen atoms in total. The number of nitrogens with one attached hydrogen (secondary N) is 1. The average Bonchev–Trinajstić information content (AvgIpc) is 2.32. The van der Waals surface area contributed by atoms with Gasteiger partial charge in [-0.3, -0.25) is 5.43 Å². The molecule has 1 rings (SSSR count). The second-order valence-electron chi connectivity index (χ2n) is 5.30. The number of nitrogens with zero attached hydrogens (tertiary/aromatic N) is 1. The second-order valence-corrected chi connectivity index (χ2v) is 5.30. The normalized spacial score (nSPS) is 31.2. The molecule has 1 aliphatic rings. The Morgan fingerprint density at radius 2 is 2.00 bits per heavy atom. The van der Waals surface area contributed by atoms with Crippen molar-refractivity contribution in [3.8, 4) is 0 Å². The number of hydrogen-bond acceptors (Lipinski definition) is 2. The number of hydrazine groups is 1. The van der Waals surface area contributed by atoms with Crippen molar-refractivity contribution in [1.29, 1.82) is 0 Å². The van der Waals surface area contributed by atoms with Gasteiger partial charge in [0.2, 0.25) is 0 Å².